The molecule has 0 saturated heterocycles. The molecule has 0 saturated carbocycles. The van der Waals surface area contributed by atoms with Crippen molar-refractivity contribution in [3.05, 3.63) is 64.4 Å². The monoisotopic (exact) mass is 439 g/mol. The molecule has 0 radical (unpaired) electrons. The summed E-state index contributed by atoms with van der Waals surface area (Å²) in [5.74, 6) is 0.702. The van der Waals surface area contributed by atoms with Crippen molar-refractivity contribution < 1.29 is 9.53 Å². The second-order valence-electron chi connectivity index (χ2n) is 6.35. The molecule has 152 valence electrons. The molecule has 0 atom stereocenters. The highest BCUT2D eigenvalue weighted by atomic mass is 32.2. The minimum absolute atomic E-state index is 0.151. The summed E-state index contributed by atoms with van der Waals surface area (Å²) in [6, 6.07) is 14.6. The van der Waals surface area contributed by atoms with Crippen molar-refractivity contribution in [2.24, 2.45) is 0 Å². The van der Waals surface area contributed by atoms with Gasteiger partial charge >= 0.3 is 5.56 Å². The van der Waals surface area contributed by atoms with E-state index in [1.54, 1.807) is 31.4 Å². The van der Waals surface area contributed by atoms with Crippen LogP contribution in [-0.2, 0) is 4.79 Å². The zero-order chi connectivity index (χ0) is 21.1. The second-order valence-corrected chi connectivity index (χ2v) is 8.53. The zero-order valence-electron chi connectivity index (χ0n) is 16.2. The summed E-state index contributed by atoms with van der Waals surface area (Å²) in [6.45, 7) is 1.96. The molecule has 1 N–H and O–H groups in total. The Bertz CT molecular complexity index is 1270. The molecule has 0 aliphatic heterocycles. The number of hydrogen-bond donors (Lipinski definition) is 1. The van der Waals surface area contributed by atoms with E-state index >= 15 is 0 Å². The Hall–Kier alpha value is -3.24. The number of rotatable bonds is 6. The summed E-state index contributed by atoms with van der Waals surface area (Å²) in [5, 5.41) is 15.3. The number of hydrogen-bond acceptors (Lipinski definition) is 8. The minimum Gasteiger partial charge on any atom is -0.497 e. The standard InChI is InChI=1S/C20H17N5O3S2/c1-12-4-3-5-14(10-12)21-16(26)11-29-20-24-25-18(27)17(22-23-19(25)30-20)13-6-8-15(28-2)9-7-13/h3-10H,11H2,1-2H3,(H,21,26). The predicted octanol–water partition coefficient (Wildman–Crippen LogP) is 3.26. The molecule has 0 bridgehead atoms. The van der Waals surface area contributed by atoms with Crippen molar-refractivity contribution in [2.75, 3.05) is 18.2 Å². The number of nitrogens with one attached hydrogen (secondary N) is 1. The van der Waals surface area contributed by atoms with Gasteiger partial charge in [-0.15, -0.1) is 15.3 Å². The average molecular weight is 440 g/mol. The lowest BCUT2D eigenvalue weighted by Crippen LogP contribution is -2.19. The lowest BCUT2D eigenvalue weighted by atomic mass is 10.1. The predicted molar refractivity (Wildman–Crippen MR) is 117 cm³/mol. The van der Waals surface area contributed by atoms with Crippen LogP contribution in [0.2, 0.25) is 0 Å². The van der Waals surface area contributed by atoms with E-state index in [1.807, 2.05) is 31.2 Å². The smallest absolute Gasteiger partial charge is 0.302 e. The Morgan fingerprint density at radius 2 is 2.00 bits per heavy atom. The summed E-state index contributed by atoms with van der Waals surface area (Å²) in [5.41, 5.74) is 2.28. The van der Waals surface area contributed by atoms with Crippen molar-refractivity contribution in [3.8, 4) is 17.0 Å². The molecule has 2 aromatic carbocycles. The van der Waals surface area contributed by atoms with Gasteiger partial charge in [0.1, 0.15) is 5.75 Å². The lowest BCUT2D eigenvalue weighted by molar-refractivity contribution is -0.113. The zero-order valence-corrected chi connectivity index (χ0v) is 17.8. The Balaban J connectivity index is 1.50. The quantitative estimate of drug-likeness (QED) is 0.461. The average Bonchev–Trinajstić information content (AvgIpc) is 3.17. The molecule has 2 aromatic heterocycles. The topological polar surface area (TPSA) is 98.5 Å². The number of carbonyl (C=O) groups is 1. The van der Waals surface area contributed by atoms with Crippen LogP contribution in [0.5, 0.6) is 5.75 Å². The highest BCUT2D eigenvalue weighted by molar-refractivity contribution is 8.01. The van der Waals surface area contributed by atoms with Gasteiger partial charge in [-0.05, 0) is 48.9 Å². The van der Waals surface area contributed by atoms with Gasteiger partial charge in [0.05, 0.1) is 12.9 Å². The van der Waals surface area contributed by atoms with E-state index in [0.29, 0.717) is 20.6 Å². The fourth-order valence-electron chi connectivity index (χ4n) is 2.73. The molecule has 10 heteroatoms. The molecule has 2 heterocycles. The second kappa shape index (κ2) is 8.64. The molecule has 0 unspecified atom stereocenters. The highest BCUT2D eigenvalue weighted by Crippen LogP contribution is 2.24. The SMILES string of the molecule is COc1ccc(-c2nnc3sc(SCC(=O)Nc4cccc(C)c4)nn3c2=O)cc1. The lowest BCUT2D eigenvalue weighted by Gasteiger charge is -2.04. The molecule has 1 amide bonds. The van der Waals surface area contributed by atoms with Crippen LogP contribution in [0.15, 0.2) is 57.7 Å². The van der Waals surface area contributed by atoms with Gasteiger partial charge in [-0.1, -0.05) is 35.2 Å². The molecule has 8 nitrogen and oxygen atoms in total. The summed E-state index contributed by atoms with van der Waals surface area (Å²) in [7, 11) is 1.57. The maximum atomic E-state index is 12.8. The molecule has 0 aliphatic rings. The van der Waals surface area contributed by atoms with Crippen LogP contribution in [0.4, 0.5) is 5.69 Å². The van der Waals surface area contributed by atoms with Gasteiger partial charge < -0.3 is 10.1 Å². The van der Waals surface area contributed by atoms with Crippen LogP contribution in [0, 0.1) is 6.92 Å². The van der Waals surface area contributed by atoms with Gasteiger partial charge in [-0.2, -0.15) is 4.52 Å². The van der Waals surface area contributed by atoms with Gasteiger partial charge in [0, 0.05) is 11.3 Å². The maximum Gasteiger partial charge on any atom is 0.302 e. The third-order valence-electron chi connectivity index (χ3n) is 4.16. The van der Waals surface area contributed by atoms with E-state index in [2.05, 4.69) is 20.6 Å². The van der Waals surface area contributed by atoms with Gasteiger partial charge in [-0.3, -0.25) is 9.59 Å². The normalized spacial score (nSPS) is 10.9. The van der Waals surface area contributed by atoms with E-state index in [1.165, 1.54) is 27.6 Å². The number of aryl methyl sites for hydroxylation is 1. The van der Waals surface area contributed by atoms with Crippen LogP contribution in [0.3, 0.4) is 0 Å². The van der Waals surface area contributed by atoms with Gasteiger partial charge in [0.25, 0.3) is 0 Å². The fourth-order valence-corrected chi connectivity index (χ4v) is 4.41. The van der Waals surface area contributed by atoms with Crippen molar-refractivity contribution >= 4 is 39.7 Å². The number of ether oxygens (including phenoxy) is 1. The van der Waals surface area contributed by atoms with Crippen molar-refractivity contribution in [3.63, 3.8) is 0 Å². The summed E-state index contributed by atoms with van der Waals surface area (Å²) >= 11 is 2.46. The van der Waals surface area contributed by atoms with Gasteiger partial charge in [0.15, 0.2) is 10.0 Å². The molecule has 0 fully saturated rings. The third kappa shape index (κ3) is 4.34. The summed E-state index contributed by atoms with van der Waals surface area (Å²) in [6.07, 6.45) is 0. The van der Waals surface area contributed by atoms with Crippen LogP contribution in [0.1, 0.15) is 5.56 Å². The molecule has 4 rings (SSSR count). The van der Waals surface area contributed by atoms with Crippen LogP contribution in [-0.4, -0.2) is 38.6 Å². The summed E-state index contributed by atoms with van der Waals surface area (Å²) in [4.78, 5) is 25.4. The Morgan fingerprint density at radius 3 is 2.73 bits per heavy atom. The van der Waals surface area contributed by atoms with E-state index < -0.39 is 0 Å². The number of carbonyl (C=O) groups excluding carboxylic acids is 1. The maximum absolute atomic E-state index is 12.8. The first-order chi connectivity index (χ1) is 14.5. The fraction of sp³-hybridized carbons (Fsp3) is 0.150. The number of anilines is 1. The van der Waals surface area contributed by atoms with E-state index in [-0.39, 0.29) is 22.9 Å². The number of amides is 1. The number of fused-ring (bicyclic) bond motifs is 1. The number of benzene rings is 2. The van der Waals surface area contributed by atoms with Crippen LogP contribution < -0.4 is 15.6 Å². The van der Waals surface area contributed by atoms with Crippen molar-refractivity contribution in [2.45, 2.75) is 11.3 Å². The number of methoxy groups -OCH3 is 1. The van der Waals surface area contributed by atoms with Gasteiger partial charge in [0.2, 0.25) is 10.9 Å². The third-order valence-corrected chi connectivity index (χ3v) is 6.20. The van der Waals surface area contributed by atoms with Gasteiger partial charge in [-0.25, -0.2) is 0 Å². The molecule has 0 spiro atoms. The Morgan fingerprint density at radius 1 is 1.20 bits per heavy atom. The highest BCUT2D eigenvalue weighted by Gasteiger charge is 2.15. The Labute approximate surface area is 179 Å². The first-order valence-electron chi connectivity index (χ1n) is 8.94. The van der Waals surface area contributed by atoms with E-state index in [9.17, 15) is 9.59 Å². The molecule has 0 aliphatic carbocycles. The molecular formula is C20H17N5O3S2. The Kier molecular flexibility index (Phi) is 5.77. The van der Waals surface area contributed by atoms with Crippen LogP contribution in [0.25, 0.3) is 16.2 Å². The first-order valence-corrected chi connectivity index (χ1v) is 10.7. The first kappa shape index (κ1) is 20.0. The summed E-state index contributed by atoms with van der Waals surface area (Å²) < 4.78 is 6.92. The largest absolute Gasteiger partial charge is 0.497 e. The molecule has 4 aromatic rings. The van der Waals surface area contributed by atoms with Crippen LogP contribution >= 0.6 is 23.1 Å². The minimum atomic E-state index is -0.363. The van der Waals surface area contributed by atoms with E-state index in [4.69, 9.17) is 4.74 Å². The van der Waals surface area contributed by atoms with E-state index in [0.717, 1.165) is 11.3 Å². The molecular weight excluding hydrogens is 422 g/mol. The number of aromatic nitrogens is 4. The number of nitrogens with zero attached hydrogens (tertiary/aromatic N) is 4. The molecule has 30 heavy (non-hydrogen) atoms. The van der Waals surface area contributed by atoms with Crippen molar-refractivity contribution in [1.29, 1.82) is 0 Å². The number of thioether (sulfide) groups is 1. The van der Waals surface area contributed by atoms with Crippen molar-refractivity contribution in [1.82, 2.24) is 19.8 Å².